The average Bonchev–Trinajstić information content (AvgIpc) is 3.03. The van der Waals surface area contributed by atoms with Gasteiger partial charge in [-0.05, 0) is 49.6 Å². The lowest BCUT2D eigenvalue weighted by molar-refractivity contribution is -0.134. The van der Waals surface area contributed by atoms with Gasteiger partial charge in [0.15, 0.2) is 11.7 Å². The van der Waals surface area contributed by atoms with Crippen LogP contribution in [0.2, 0.25) is 0 Å². The summed E-state index contributed by atoms with van der Waals surface area (Å²) in [6.07, 6.45) is -2.44. The molecule has 206 valence electrons. The lowest BCUT2D eigenvalue weighted by atomic mass is 10.0. The van der Waals surface area contributed by atoms with E-state index in [2.05, 4.69) is 11.4 Å². The summed E-state index contributed by atoms with van der Waals surface area (Å²) in [6, 6.07) is 14.3. The normalized spacial score (nSPS) is 18.7. The first-order valence-electron chi connectivity index (χ1n) is 12.6. The summed E-state index contributed by atoms with van der Waals surface area (Å²) in [5, 5.41) is 22.5. The second-order valence-corrected chi connectivity index (χ2v) is 10.6. The topological polar surface area (TPSA) is 147 Å². The molecule has 0 unspecified atom stereocenters. The van der Waals surface area contributed by atoms with Gasteiger partial charge in [-0.15, -0.1) is 0 Å². The van der Waals surface area contributed by atoms with Crippen LogP contribution >= 0.6 is 0 Å². The Morgan fingerprint density at radius 1 is 1.18 bits per heavy atom. The molecule has 3 aromatic rings. The molecule has 39 heavy (non-hydrogen) atoms. The van der Waals surface area contributed by atoms with Crippen LogP contribution in [0.1, 0.15) is 26.3 Å². The van der Waals surface area contributed by atoms with E-state index in [-0.39, 0.29) is 26.1 Å². The zero-order valence-electron chi connectivity index (χ0n) is 22.3. The summed E-state index contributed by atoms with van der Waals surface area (Å²) in [7, 11) is 1.65. The van der Waals surface area contributed by atoms with Gasteiger partial charge in [-0.1, -0.05) is 30.3 Å². The fourth-order valence-corrected chi connectivity index (χ4v) is 4.26. The number of hydrogen-bond donors (Lipinski definition) is 2. The third-order valence-corrected chi connectivity index (χ3v) is 6.24. The Labute approximate surface area is 225 Å². The number of amides is 2. The molecule has 4 rings (SSSR count). The Morgan fingerprint density at radius 2 is 1.87 bits per heavy atom. The average molecular weight is 537 g/mol. The molecular weight excluding hydrogens is 504 g/mol. The quantitative estimate of drug-likeness (QED) is 0.505. The van der Waals surface area contributed by atoms with Crippen LogP contribution in [0.5, 0.6) is 0 Å². The summed E-state index contributed by atoms with van der Waals surface area (Å²) < 4.78 is 17.5. The number of ether oxygens (including phenoxy) is 2. The number of nitrogens with one attached hydrogen (secondary N) is 1. The van der Waals surface area contributed by atoms with Crippen molar-refractivity contribution >= 4 is 23.1 Å². The number of carbonyl (C=O) groups is 2. The smallest absolute Gasteiger partial charge is 0.419 e. The van der Waals surface area contributed by atoms with E-state index >= 15 is 0 Å². The maximum Gasteiger partial charge on any atom is 0.419 e. The van der Waals surface area contributed by atoms with Crippen LogP contribution in [0, 0.1) is 11.3 Å². The maximum absolute atomic E-state index is 13.0. The highest BCUT2D eigenvalue weighted by molar-refractivity contribution is 5.83. The number of nitrogens with zero attached hydrogens (tertiary/aromatic N) is 3. The van der Waals surface area contributed by atoms with E-state index in [1.165, 1.54) is 9.47 Å². The van der Waals surface area contributed by atoms with Gasteiger partial charge in [0.25, 0.3) is 5.91 Å². The number of hydrogen-bond acceptors (Lipinski definition) is 8. The number of aryl methyl sites for hydroxylation is 1. The molecule has 0 bridgehead atoms. The van der Waals surface area contributed by atoms with Gasteiger partial charge >= 0.3 is 11.8 Å². The zero-order valence-corrected chi connectivity index (χ0v) is 22.3. The maximum atomic E-state index is 13.0. The fraction of sp³-hybridized carbons (Fsp3) is 0.429. The van der Waals surface area contributed by atoms with Crippen molar-refractivity contribution in [2.45, 2.75) is 51.0 Å². The van der Waals surface area contributed by atoms with Gasteiger partial charge in [-0.2, -0.15) is 5.26 Å². The molecular formula is C28H32N4O7. The predicted molar refractivity (Wildman–Crippen MR) is 142 cm³/mol. The Kier molecular flexibility index (Phi) is 8.09. The monoisotopic (exact) mass is 536 g/mol. The number of fused-ring (bicyclic) bond motifs is 1. The number of aliphatic hydroxyl groups excluding tert-OH is 1. The van der Waals surface area contributed by atoms with Gasteiger partial charge in [-0.3, -0.25) is 9.36 Å². The van der Waals surface area contributed by atoms with Crippen LogP contribution in [0.3, 0.4) is 0 Å². The molecule has 0 spiro atoms. The summed E-state index contributed by atoms with van der Waals surface area (Å²) in [6.45, 7) is 4.91. The van der Waals surface area contributed by atoms with Gasteiger partial charge in [0.1, 0.15) is 11.6 Å². The highest BCUT2D eigenvalue weighted by atomic mass is 16.6. The van der Waals surface area contributed by atoms with Gasteiger partial charge in [-0.25, -0.2) is 9.59 Å². The van der Waals surface area contributed by atoms with Crippen LogP contribution < -0.4 is 11.1 Å². The van der Waals surface area contributed by atoms with Gasteiger partial charge < -0.3 is 29.2 Å². The highest BCUT2D eigenvalue weighted by Crippen LogP contribution is 2.24. The molecule has 0 saturated carbocycles. The predicted octanol–water partition coefficient (Wildman–Crippen LogP) is 2.35. The van der Waals surface area contributed by atoms with Gasteiger partial charge in [0.2, 0.25) is 0 Å². The minimum Gasteiger partial charge on any atom is -0.444 e. The standard InChI is InChI=1S/C28H32N4O7/c1-28(2,3)39-27(36)32-14-21(33)16-37-24(15-32)25(34)30-20(13-29)11-17-5-7-18(8-6-17)19-9-10-23-22(12-19)31(4)26(35)38-23/h5-10,12,20-21,24,33H,11,14-16H2,1-4H3,(H,30,34)/t20-,21-,24-/m0/s1. The van der Waals surface area contributed by atoms with Crippen molar-refractivity contribution in [1.29, 1.82) is 5.26 Å². The molecule has 1 saturated heterocycles. The lowest BCUT2D eigenvalue weighted by Gasteiger charge is -2.28. The first kappa shape index (κ1) is 27.9. The number of aromatic nitrogens is 1. The highest BCUT2D eigenvalue weighted by Gasteiger charge is 2.33. The zero-order chi connectivity index (χ0) is 28.3. The molecule has 0 aliphatic carbocycles. The lowest BCUT2D eigenvalue weighted by Crippen LogP contribution is -2.48. The molecule has 1 aliphatic rings. The molecule has 11 heteroatoms. The van der Waals surface area contributed by atoms with E-state index in [0.29, 0.717) is 11.1 Å². The summed E-state index contributed by atoms with van der Waals surface area (Å²) >= 11 is 0. The molecule has 11 nitrogen and oxygen atoms in total. The number of carbonyl (C=O) groups excluding carboxylic acids is 2. The second kappa shape index (κ2) is 11.3. The van der Waals surface area contributed by atoms with E-state index in [9.17, 15) is 24.8 Å². The van der Waals surface area contributed by atoms with E-state index in [1.54, 1.807) is 33.9 Å². The summed E-state index contributed by atoms with van der Waals surface area (Å²) in [5.74, 6) is -0.982. The van der Waals surface area contributed by atoms with Crippen molar-refractivity contribution in [1.82, 2.24) is 14.8 Å². The molecule has 1 aliphatic heterocycles. The van der Waals surface area contributed by atoms with Crippen LogP contribution in [-0.2, 0) is 27.7 Å². The van der Waals surface area contributed by atoms with E-state index in [0.717, 1.165) is 16.7 Å². The van der Waals surface area contributed by atoms with Crippen LogP contribution in [0.25, 0.3) is 22.2 Å². The largest absolute Gasteiger partial charge is 0.444 e. The van der Waals surface area contributed by atoms with Crippen LogP contribution in [0.15, 0.2) is 51.7 Å². The number of rotatable bonds is 5. The first-order chi connectivity index (χ1) is 18.4. The molecule has 1 fully saturated rings. The first-order valence-corrected chi connectivity index (χ1v) is 12.6. The molecule has 2 heterocycles. The Hall–Kier alpha value is -4.14. The molecule has 2 amide bonds. The van der Waals surface area contributed by atoms with Gasteiger partial charge in [0.05, 0.1) is 37.4 Å². The Bertz CT molecular complexity index is 1450. The van der Waals surface area contributed by atoms with Crippen molar-refractivity contribution in [2.24, 2.45) is 7.05 Å². The van der Waals surface area contributed by atoms with Gasteiger partial charge in [0, 0.05) is 13.5 Å². The molecule has 2 N–H and O–H groups in total. The number of oxazole rings is 1. The Morgan fingerprint density at radius 3 is 2.54 bits per heavy atom. The minimum atomic E-state index is -1.07. The number of nitriles is 1. The third kappa shape index (κ3) is 6.85. The second-order valence-electron chi connectivity index (χ2n) is 10.6. The number of benzene rings is 2. The summed E-state index contributed by atoms with van der Waals surface area (Å²) in [5.41, 5.74) is 3.11. The molecule has 1 aromatic heterocycles. The summed E-state index contributed by atoms with van der Waals surface area (Å²) in [4.78, 5) is 38.5. The van der Waals surface area contributed by atoms with Crippen molar-refractivity contribution in [2.75, 3.05) is 19.7 Å². The number of aliphatic hydroxyl groups is 1. The third-order valence-electron chi connectivity index (χ3n) is 6.24. The Balaban J connectivity index is 1.40. The van der Waals surface area contributed by atoms with E-state index < -0.39 is 41.6 Å². The van der Waals surface area contributed by atoms with Crippen molar-refractivity contribution in [3.63, 3.8) is 0 Å². The van der Waals surface area contributed by atoms with Crippen LogP contribution in [0.4, 0.5) is 4.79 Å². The van der Waals surface area contributed by atoms with E-state index in [1.807, 2.05) is 36.4 Å². The molecule has 2 aromatic carbocycles. The molecule has 0 radical (unpaired) electrons. The van der Waals surface area contributed by atoms with E-state index in [4.69, 9.17) is 13.9 Å². The minimum absolute atomic E-state index is 0.0312. The number of β-amino-alcohol motifs (C(OH)–C–C–N with tert-alkyl or cyclic N) is 1. The SMILES string of the molecule is Cn1c(=O)oc2ccc(-c3ccc(C[C@@H](C#N)NC(=O)[C@@H]4CN(C(=O)OC(C)(C)C)C[C@H](O)CO4)cc3)cc21. The van der Waals surface area contributed by atoms with Crippen LogP contribution in [-0.4, -0.2) is 70.1 Å². The fourth-order valence-electron chi connectivity index (χ4n) is 4.26. The van der Waals surface area contributed by atoms with Crippen molar-refractivity contribution in [3.05, 3.63) is 58.6 Å². The van der Waals surface area contributed by atoms with Crippen molar-refractivity contribution < 1.29 is 28.6 Å². The van der Waals surface area contributed by atoms with Crippen molar-refractivity contribution in [3.8, 4) is 17.2 Å². The molecule has 3 atom stereocenters.